The van der Waals surface area contributed by atoms with Crippen LogP contribution in [0.4, 0.5) is 5.69 Å². The normalized spacial score (nSPS) is 10.7. The molecule has 0 aliphatic rings. The largest absolute Gasteiger partial charge is 0.492 e. The molecule has 2 N–H and O–H groups in total. The Morgan fingerprint density at radius 2 is 1.82 bits per heavy atom. The van der Waals surface area contributed by atoms with Crippen LogP contribution in [0.2, 0.25) is 0 Å². The van der Waals surface area contributed by atoms with Crippen LogP contribution in [0.1, 0.15) is 24.2 Å². The van der Waals surface area contributed by atoms with Crippen LogP contribution in [0, 0.1) is 5.92 Å². The molecule has 0 radical (unpaired) electrons. The molecule has 0 bridgehead atoms. The molecule has 3 aromatic rings. The van der Waals surface area contributed by atoms with Gasteiger partial charge < -0.3 is 10.1 Å². The SMILES string of the molecule is CC(C)COc1ccc(C(=O)NC(=S)Nc2ccc3ccccc3c2)cc1Br. The molecule has 0 saturated carbocycles. The van der Waals surface area contributed by atoms with Crippen molar-refractivity contribution in [3.05, 3.63) is 70.7 Å². The number of hydrogen-bond acceptors (Lipinski definition) is 3. The minimum absolute atomic E-state index is 0.247. The van der Waals surface area contributed by atoms with Crippen LogP contribution in [0.15, 0.2) is 65.1 Å². The van der Waals surface area contributed by atoms with E-state index in [0.717, 1.165) is 20.9 Å². The van der Waals surface area contributed by atoms with Gasteiger partial charge in [0, 0.05) is 11.3 Å². The van der Waals surface area contributed by atoms with Gasteiger partial charge >= 0.3 is 0 Å². The molecule has 6 heteroatoms. The van der Waals surface area contributed by atoms with Crippen LogP contribution in [0.25, 0.3) is 10.8 Å². The molecule has 0 fully saturated rings. The van der Waals surface area contributed by atoms with E-state index in [0.29, 0.717) is 23.8 Å². The number of anilines is 1. The quantitative estimate of drug-likeness (QED) is 0.478. The summed E-state index contributed by atoms with van der Waals surface area (Å²) in [4.78, 5) is 12.5. The van der Waals surface area contributed by atoms with E-state index in [2.05, 4.69) is 40.4 Å². The second kappa shape index (κ2) is 9.17. The van der Waals surface area contributed by atoms with Gasteiger partial charge in [0.25, 0.3) is 5.91 Å². The number of amides is 1. The standard InChI is InChI=1S/C22H21BrN2O2S/c1-14(2)13-27-20-10-8-17(12-19(20)23)21(26)25-22(28)24-18-9-7-15-5-3-4-6-16(15)11-18/h3-12,14H,13H2,1-2H3,(H2,24,25,26,28). The van der Waals surface area contributed by atoms with Crippen molar-refractivity contribution in [3.8, 4) is 5.75 Å². The zero-order valence-corrected chi connectivity index (χ0v) is 18.1. The molecule has 0 spiro atoms. The summed E-state index contributed by atoms with van der Waals surface area (Å²) in [6, 6.07) is 19.2. The maximum absolute atomic E-state index is 12.5. The minimum Gasteiger partial charge on any atom is -0.492 e. The molecule has 0 aliphatic heterocycles. The maximum atomic E-state index is 12.5. The lowest BCUT2D eigenvalue weighted by atomic mass is 10.1. The molecule has 0 aromatic heterocycles. The monoisotopic (exact) mass is 456 g/mol. The molecular formula is C22H21BrN2O2S. The summed E-state index contributed by atoms with van der Waals surface area (Å²) in [5.74, 6) is 0.852. The number of nitrogens with one attached hydrogen (secondary N) is 2. The van der Waals surface area contributed by atoms with E-state index in [4.69, 9.17) is 17.0 Å². The third-order valence-electron chi connectivity index (χ3n) is 4.00. The van der Waals surface area contributed by atoms with Gasteiger partial charge in [-0.15, -0.1) is 0 Å². The van der Waals surface area contributed by atoms with E-state index in [-0.39, 0.29) is 11.0 Å². The molecule has 3 rings (SSSR count). The van der Waals surface area contributed by atoms with Crippen LogP contribution in [0.3, 0.4) is 0 Å². The van der Waals surface area contributed by atoms with Crippen molar-refractivity contribution >= 4 is 55.6 Å². The van der Waals surface area contributed by atoms with E-state index < -0.39 is 0 Å². The number of halogens is 1. The van der Waals surface area contributed by atoms with E-state index in [1.807, 2.05) is 42.5 Å². The van der Waals surface area contributed by atoms with Gasteiger partial charge in [-0.05, 0) is 75.2 Å². The molecular weight excluding hydrogens is 436 g/mol. The number of thiocarbonyl (C=S) groups is 1. The molecule has 0 saturated heterocycles. The summed E-state index contributed by atoms with van der Waals surface area (Å²) >= 11 is 8.74. The number of fused-ring (bicyclic) bond motifs is 1. The van der Waals surface area contributed by atoms with Crippen LogP contribution in [-0.2, 0) is 0 Å². The van der Waals surface area contributed by atoms with Crippen molar-refractivity contribution < 1.29 is 9.53 Å². The lowest BCUT2D eigenvalue weighted by molar-refractivity contribution is 0.0977. The average molecular weight is 457 g/mol. The second-order valence-corrected chi connectivity index (χ2v) is 8.08. The topological polar surface area (TPSA) is 50.4 Å². The number of hydrogen-bond donors (Lipinski definition) is 2. The van der Waals surface area contributed by atoms with E-state index in [1.165, 1.54) is 0 Å². The number of carbonyl (C=O) groups excluding carboxylic acids is 1. The van der Waals surface area contributed by atoms with Gasteiger partial charge in [0.15, 0.2) is 5.11 Å². The predicted molar refractivity (Wildman–Crippen MR) is 122 cm³/mol. The third-order valence-corrected chi connectivity index (χ3v) is 4.82. The van der Waals surface area contributed by atoms with E-state index >= 15 is 0 Å². The first kappa shape index (κ1) is 20.3. The van der Waals surface area contributed by atoms with Gasteiger partial charge in [-0.2, -0.15) is 0 Å². The van der Waals surface area contributed by atoms with Crippen LogP contribution < -0.4 is 15.4 Å². The molecule has 28 heavy (non-hydrogen) atoms. The molecule has 0 unspecified atom stereocenters. The Morgan fingerprint density at radius 3 is 2.54 bits per heavy atom. The number of benzene rings is 3. The summed E-state index contributed by atoms with van der Waals surface area (Å²) in [6.07, 6.45) is 0. The molecule has 3 aromatic carbocycles. The van der Waals surface area contributed by atoms with Crippen molar-refractivity contribution in [2.24, 2.45) is 5.92 Å². The van der Waals surface area contributed by atoms with Gasteiger partial charge in [0.05, 0.1) is 11.1 Å². The fourth-order valence-corrected chi connectivity index (χ4v) is 3.32. The lowest BCUT2D eigenvalue weighted by Crippen LogP contribution is -2.34. The third kappa shape index (κ3) is 5.30. The lowest BCUT2D eigenvalue weighted by Gasteiger charge is -2.13. The second-order valence-electron chi connectivity index (χ2n) is 6.82. The molecule has 0 atom stereocenters. The number of rotatable bonds is 5. The van der Waals surface area contributed by atoms with Gasteiger partial charge in [0.1, 0.15) is 5.75 Å². The van der Waals surface area contributed by atoms with E-state index in [1.54, 1.807) is 18.2 Å². The smallest absolute Gasteiger partial charge is 0.257 e. The Labute approximate surface area is 178 Å². The highest BCUT2D eigenvalue weighted by Gasteiger charge is 2.11. The molecule has 4 nitrogen and oxygen atoms in total. The fourth-order valence-electron chi connectivity index (χ4n) is 2.62. The van der Waals surface area contributed by atoms with Crippen molar-refractivity contribution in [1.29, 1.82) is 0 Å². The summed E-state index contributed by atoms with van der Waals surface area (Å²) in [7, 11) is 0. The Morgan fingerprint density at radius 1 is 1.07 bits per heavy atom. The minimum atomic E-state index is -0.283. The highest BCUT2D eigenvalue weighted by Crippen LogP contribution is 2.26. The Bertz CT molecular complexity index is 1020. The summed E-state index contributed by atoms with van der Waals surface area (Å²) in [5, 5.41) is 8.26. The number of carbonyl (C=O) groups is 1. The van der Waals surface area contributed by atoms with Gasteiger partial charge in [0.2, 0.25) is 0 Å². The molecule has 144 valence electrons. The first-order valence-electron chi connectivity index (χ1n) is 8.96. The fraction of sp³-hybridized carbons (Fsp3) is 0.182. The van der Waals surface area contributed by atoms with Crippen LogP contribution in [-0.4, -0.2) is 17.6 Å². The van der Waals surface area contributed by atoms with Gasteiger partial charge in [-0.3, -0.25) is 10.1 Å². The van der Waals surface area contributed by atoms with Gasteiger partial charge in [-0.25, -0.2) is 0 Å². The number of ether oxygens (including phenoxy) is 1. The van der Waals surface area contributed by atoms with Crippen molar-refractivity contribution in [2.75, 3.05) is 11.9 Å². The summed E-state index contributed by atoms with van der Waals surface area (Å²) in [5.41, 5.74) is 1.31. The van der Waals surface area contributed by atoms with Crippen molar-refractivity contribution in [2.45, 2.75) is 13.8 Å². The first-order valence-corrected chi connectivity index (χ1v) is 10.2. The summed E-state index contributed by atoms with van der Waals surface area (Å²) < 4.78 is 6.44. The highest BCUT2D eigenvalue weighted by molar-refractivity contribution is 9.10. The average Bonchev–Trinajstić information content (AvgIpc) is 2.66. The zero-order valence-electron chi connectivity index (χ0n) is 15.7. The van der Waals surface area contributed by atoms with Crippen LogP contribution in [0.5, 0.6) is 5.75 Å². The van der Waals surface area contributed by atoms with Gasteiger partial charge in [-0.1, -0.05) is 44.2 Å². The molecule has 0 aliphatic carbocycles. The Hall–Kier alpha value is -2.44. The van der Waals surface area contributed by atoms with Crippen molar-refractivity contribution in [1.82, 2.24) is 5.32 Å². The summed E-state index contributed by atoms with van der Waals surface area (Å²) in [6.45, 7) is 4.78. The maximum Gasteiger partial charge on any atom is 0.257 e. The van der Waals surface area contributed by atoms with E-state index in [9.17, 15) is 4.79 Å². The Balaban J connectivity index is 1.63. The van der Waals surface area contributed by atoms with Crippen LogP contribution >= 0.6 is 28.1 Å². The highest BCUT2D eigenvalue weighted by atomic mass is 79.9. The Kier molecular flexibility index (Phi) is 6.65. The first-order chi connectivity index (χ1) is 13.4. The predicted octanol–water partition coefficient (Wildman–Crippen LogP) is 5.76. The molecule has 0 heterocycles. The zero-order chi connectivity index (χ0) is 20.1. The van der Waals surface area contributed by atoms with Crippen molar-refractivity contribution in [3.63, 3.8) is 0 Å². The molecule has 1 amide bonds.